The highest BCUT2D eigenvalue weighted by Crippen LogP contribution is 2.34. The molecule has 0 saturated carbocycles. The Morgan fingerprint density at radius 2 is 1.48 bits per heavy atom. The van der Waals surface area contributed by atoms with Crippen molar-refractivity contribution in [2.75, 3.05) is 46.5 Å². The van der Waals surface area contributed by atoms with Gasteiger partial charge >= 0.3 is 0 Å². The monoisotopic (exact) mass is 1380 g/mol. The molecule has 100 heavy (non-hydrogen) atoms. The molecule has 534 valence electrons. The van der Waals surface area contributed by atoms with Crippen LogP contribution in [0.2, 0.25) is 0 Å². The molecule has 26 nitrogen and oxygen atoms in total. The summed E-state index contributed by atoms with van der Waals surface area (Å²) in [7, 11) is 1.49. The number of aromatic nitrogens is 1. The number of carbonyl (C=O) groups excluding carboxylic acids is 11. The van der Waals surface area contributed by atoms with E-state index in [1.165, 1.54) is 42.9 Å². The number of amides is 9. The lowest BCUT2D eigenvalue weighted by Crippen LogP contribution is -2.63. The van der Waals surface area contributed by atoms with E-state index in [1.54, 1.807) is 67.7 Å². The Bertz CT molecular complexity index is 3900. The van der Waals surface area contributed by atoms with Crippen molar-refractivity contribution in [3.63, 3.8) is 0 Å². The van der Waals surface area contributed by atoms with Crippen molar-refractivity contribution in [2.45, 2.75) is 178 Å². The van der Waals surface area contributed by atoms with Crippen LogP contribution >= 0.6 is 0 Å². The lowest BCUT2D eigenvalue weighted by Gasteiger charge is -2.37. The standard InChI is InChI=1S/C73H90FN11O15/c1-42-66(91)81-57(38-75)67(92)79-55-33-46-9-7-10-47(31-46)39-77-63(90)41-100-60-24-29-84-65(60)69(94)82-64(43(2)86)68(93)80-56(32-44-12-19-53(98-4)20-13-44)71(96)85-28-8-25-73(85,3)72(97)76-26-23-45-11-14-48(15-17-52(87)18-22-62(89)78-42)61(34-45)99-30-6-5-27-83-40-50(35-49(70(84)95)36-59(55)88)54-37-51(74)16-21-58(54)83/h7,9-14,16,19-21,31,34,37,40,42-43,49,55-57,60,64-65,86H,5-6,8,15,17-18,22-30,32-33,35-36,38-39,41,75H2,1-4H3,(H,76,97)(H,77,90)(H,78,89)(H,79,92)(H,80,93)(H,81,91)(H,82,94). The number of ketones is 2. The molecule has 2 fully saturated rings. The highest BCUT2D eigenvalue weighted by atomic mass is 19.1. The van der Waals surface area contributed by atoms with Crippen LogP contribution in [0.4, 0.5) is 4.39 Å². The van der Waals surface area contributed by atoms with E-state index in [0.717, 1.165) is 5.56 Å². The molecule has 10 atom stereocenters. The van der Waals surface area contributed by atoms with Gasteiger partial charge in [-0.15, -0.1) is 0 Å². The molecule has 9 amide bonds. The van der Waals surface area contributed by atoms with Crippen molar-refractivity contribution in [2.24, 2.45) is 11.7 Å². The van der Waals surface area contributed by atoms with Crippen LogP contribution in [0, 0.1) is 11.7 Å². The van der Waals surface area contributed by atoms with Crippen LogP contribution in [0.1, 0.15) is 112 Å². The molecule has 5 aromatic rings. The van der Waals surface area contributed by atoms with E-state index in [9.17, 15) is 33.9 Å². The molecule has 10 rings (SSSR count). The number of aryl methyl sites for hydroxylation is 2. The smallest absolute Gasteiger partial charge is 0.246 e. The third-order valence-electron chi connectivity index (χ3n) is 19.6. The van der Waals surface area contributed by atoms with Gasteiger partial charge in [0.2, 0.25) is 53.2 Å². The normalized spacial score (nSPS) is 26.2. The summed E-state index contributed by atoms with van der Waals surface area (Å²) in [5.74, 6) is -8.73. The highest BCUT2D eigenvalue weighted by Gasteiger charge is 2.50. The number of methoxy groups -OCH3 is 1. The van der Waals surface area contributed by atoms with Crippen LogP contribution in [0.3, 0.4) is 0 Å². The maximum atomic E-state index is 16.1. The molecule has 4 aromatic carbocycles. The molecule has 2 saturated heterocycles. The number of benzene rings is 4. The maximum Gasteiger partial charge on any atom is 0.246 e. The summed E-state index contributed by atoms with van der Waals surface area (Å²) >= 11 is 0. The van der Waals surface area contributed by atoms with E-state index in [4.69, 9.17) is 19.9 Å². The SMILES string of the molecule is COc1ccc(CC2NC(=O)C(C(C)O)NC(=O)C3C4CCN3C(=O)C3CC(=O)C(Cc5cccc(c5)CNC(=O)CO4)NC(=O)C(CN)NC(=O)C(C)NC(=O)CCC(=O)CCc4ccc(cc4OCCCCn4cc(c5cc(F)ccc54)C3)CCNC(=O)C3(C)CCCN3C2=O)cc1. The topological polar surface area (TPSA) is 357 Å². The molecule has 0 aliphatic carbocycles. The van der Waals surface area contributed by atoms with Gasteiger partial charge in [0.1, 0.15) is 65.5 Å². The summed E-state index contributed by atoms with van der Waals surface area (Å²) in [5, 5.41) is 31.2. The largest absolute Gasteiger partial charge is 0.497 e. The van der Waals surface area contributed by atoms with Crippen LogP contribution in [-0.2, 0) is 103 Å². The zero-order valence-electron chi connectivity index (χ0n) is 56.9. The number of hydrogen-bond donors (Lipinski definition) is 9. The molecular formula is C73H90FN11O15. The van der Waals surface area contributed by atoms with Gasteiger partial charge in [0.25, 0.3) is 0 Å². The second kappa shape index (κ2) is 33.0. The number of fused-ring (bicyclic) bond motifs is 11. The number of nitrogens with one attached hydrogen (secondary N) is 7. The first kappa shape index (κ1) is 73.1. The fraction of sp³-hybridized carbons (Fsp3) is 0.493. The molecule has 5 aliphatic rings. The Kier molecular flexibility index (Phi) is 24.2. The molecule has 0 radical (unpaired) electrons. The second-order valence-electron chi connectivity index (χ2n) is 26.9. The first-order valence-electron chi connectivity index (χ1n) is 34.4. The van der Waals surface area contributed by atoms with Crippen LogP contribution < -0.4 is 52.4 Å². The first-order chi connectivity index (χ1) is 48.0. The molecule has 10 N–H and O–H groups in total. The summed E-state index contributed by atoms with van der Waals surface area (Å²) in [6.07, 6.45) is -0.482. The second-order valence-corrected chi connectivity index (χ2v) is 26.9. The van der Waals surface area contributed by atoms with Crippen LogP contribution in [-0.4, -0.2) is 185 Å². The number of rotatable bonds is 5. The van der Waals surface area contributed by atoms with Gasteiger partial charge in [-0.2, -0.15) is 0 Å². The average Bonchev–Trinajstić information content (AvgIpc) is 1.60. The minimum Gasteiger partial charge on any atom is -0.497 e. The molecule has 27 heteroatoms. The lowest BCUT2D eigenvalue weighted by molar-refractivity contribution is -0.148. The Labute approximate surface area is 579 Å². The summed E-state index contributed by atoms with van der Waals surface area (Å²) < 4.78 is 35.8. The molecule has 6 heterocycles. The minimum absolute atomic E-state index is 0.0355. The zero-order chi connectivity index (χ0) is 71.4. The van der Waals surface area contributed by atoms with E-state index in [1.807, 2.05) is 22.8 Å². The van der Waals surface area contributed by atoms with E-state index in [2.05, 4.69) is 37.2 Å². The van der Waals surface area contributed by atoms with Crippen LogP contribution in [0.25, 0.3) is 10.9 Å². The number of nitrogens with two attached hydrogens (primary N) is 1. The summed E-state index contributed by atoms with van der Waals surface area (Å²) in [4.78, 5) is 164. The number of hydrogen-bond acceptors (Lipinski definition) is 16. The van der Waals surface area contributed by atoms with Gasteiger partial charge in [-0.3, -0.25) is 52.7 Å². The molecule has 0 spiro atoms. The number of halogens is 1. The molecule has 1 aromatic heterocycles. The molecular weight excluding hydrogens is 1290 g/mol. The maximum absolute atomic E-state index is 16.1. The Hall–Kier alpha value is -9.60. The summed E-state index contributed by atoms with van der Waals surface area (Å²) in [6, 6.07) is 14.4. The number of aliphatic hydroxyl groups is 1. The number of ether oxygens (including phenoxy) is 3. The molecule has 5 aliphatic heterocycles. The van der Waals surface area contributed by atoms with Gasteiger partial charge < -0.3 is 76.6 Å². The van der Waals surface area contributed by atoms with Gasteiger partial charge in [-0.05, 0) is 148 Å². The Morgan fingerprint density at radius 1 is 0.710 bits per heavy atom. The predicted octanol–water partition coefficient (Wildman–Crippen LogP) is 2.00. The van der Waals surface area contributed by atoms with Crippen molar-refractivity contribution in [1.29, 1.82) is 0 Å². The van der Waals surface area contributed by atoms with Gasteiger partial charge in [0.05, 0.1) is 32.0 Å². The summed E-state index contributed by atoms with van der Waals surface area (Å²) in [6.45, 7) is 3.81. The van der Waals surface area contributed by atoms with Gasteiger partial charge in [0, 0.05) is 94.4 Å². The molecule has 11 bridgehead atoms. The number of carbonyl (C=O) groups is 11. The fourth-order valence-electron chi connectivity index (χ4n) is 13.9. The van der Waals surface area contributed by atoms with Gasteiger partial charge in [0.15, 0.2) is 5.78 Å². The molecule has 10 unspecified atom stereocenters. The lowest BCUT2D eigenvalue weighted by atomic mass is 9.88. The van der Waals surface area contributed by atoms with E-state index in [0.29, 0.717) is 82.4 Å². The van der Waals surface area contributed by atoms with Gasteiger partial charge in [-0.1, -0.05) is 48.5 Å². The van der Waals surface area contributed by atoms with Crippen molar-refractivity contribution < 1.29 is 76.4 Å². The number of Topliss-reactive ketones (excluding diaryl/α,β-unsaturated/α-hetero) is 2. The quantitative estimate of drug-likeness (QED) is 0.122. The third-order valence-corrected chi connectivity index (χ3v) is 19.6. The zero-order valence-corrected chi connectivity index (χ0v) is 56.9. The Morgan fingerprint density at radius 3 is 2.25 bits per heavy atom. The van der Waals surface area contributed by atoms with Crippen molar-refractivity contribution in [3.05, 3.63) is 130 Å². The highest BCUT2D eigenvalue weighted by molar-refractivity contribution is 6.00. The van der Waals surface area contributed by atoms with Gasteiger partial charge in [-0.25, -0.2) is 4.39 Å². The Balaban J connectivity index is 1.09. The van der Waals surface area contributed by atoms with E-state index in [-0.39, 0.29) is 96.4 Å². The number of aliphatic hydroxyl groups excluding tert-OH is 1. The first-order valence-corrected chi connectivity index (χ1v) is 34.4. The van der Waals surface area contributed by atoms with Crippen molar-refractivity contribution >= 4 is 75.6 Å². The number of nitrogens with zero attached hydrogens (tertiary/aromatic N) is 3. The third kappa shape index (κ3) is 17.9. The minimum atomic E-state index is -1.82. The van der Waals surface area contributed by atoms with E-state index < -0.39 is 144 Å². The van der Waals surface area contributed by atoms with E-state index >= 15 is 28.4 Å². The average molecular weight is 1380 g/mol. The summed E-state index contributed by atoms with van der Waals surface area (Å²) in [5.41, 5.74) is 8.94. The van der Waals surface area contributed by atoms with Crippen LogP contribution in [0.15, 0.2) is 91.1 Å². The van der Waals surface area contributed by atoms with Crippen molar-refractivity contribution in [3.8, 4) is 11.5 Å². The van der Waals surface area contributed by atoms with Crippen LogP contribution in [0.5, 0.6) is 11.5 Å². The predicted molar refractivity (Wildman–Crippen MR) is 363 cm³/mol. The fourth-order valence-corrected chi connectivity index (χ4v) is 13.9. The van der Waals surface area contributed by atoms with Crippen molar-refractivity contribution in [1.82, 2.24) is 51.6 Å².